The minimum absolute atomic E-state index is 0.0831. The van der Waals surface area contributed by atoms with Crippen molar-refractivity contribution in [3.63, 3.8) is 0 Å². The molecule has 37 heavy (non-hydrogen) atoms. The molecular formula is C30H40O7. The number of hydrogen-bond donors (Lipinski definition) is 0. The molecule has 3 fully saturated rings. The second-order valence-electron chi connectivity index (χ2n) is 13.1. The number of carbonyl (C=O) groups excluding carboxylic acids is 3. The van der Waals surface area contributed by atoms with Crippen LogP contribution in [0.15, 0.2) is 34.7 Å². The Morgan fingerprint density at radius 3 is 2.24 bits per heavy atom. The topological polar surface area (TPSA) is 92.0 Å². The van der Waals surface area contributed by atoms with E-state index in [-0.39, 0.29) is 46.7 Å². The van der Waals surface area contributed by atoms with Crippen molar-refractivity contribution in [3.05, 3.63) is 35.8 Å². The molecule has 0 amide bonds. The highest BCUT2D eigenvalue weighted by Gasteiger charge is 2.70. The van der Waals surface area contributed by atoms with Crippen molar-refractivity contribution in [1.29, 1.82) is 0 Å². The third-order valence-electron chi connectivity index (χ3n) is 10.8. The Labute approximate surface area is 219 Å². The molecule has 0 saturated heterocycles. The molecule has 0 spiro atoms. The lowest BCUT2D eigenvalue weighted by Gasteiger charge is -2.69. The van der Waals surface area contributed by atoms with Gasteiger partial charge >= 0.3 is 17.9 Å². The molecule has 4 aliphatic rings. The summed E-state index contributed by atoms with van der Waals surface area (Å²) in [7, 11) is 0. The SMILES string of the molecule is CC(=O)OC1CC2C(C)(C)[C@@H](OC(C)=O)CC[C@]2(C)C2CC[C@]3(C)C(=CC(=O)O[C@H]3c3ccoc3)[C@]12C. The molecule has 0 N–H and O–H groups in total. The average molecular weight is 513 g/mol. The van der Waals surface area contributed by atoms with Crippen molar-refractivity contribution in [2.24, 2.45) is 33.5 Å². The quantitative estimate of drug-likeness (QED) is 0.366. The fourth-order valence-electron chi connectivity index (χ4n) is 9.24. The standard InChI is InChI=1S/C30H40O7/c1-17(31)35-23-9-12-28(5)20-8-11-29(6)22(15-25(33)37-26(29)19-10-13-34-16-19)30(20,7)24(36-18(2)32)14-21(28)27(23,3)4/h10,13,15-16,20-21,23-24,26H,8-9,11-12,14H2,1-7H3/t20?,21?,23-,24?,26-,28+,29+,30+/m0/s1. The van der Waals surface area contributed by atoms with Crippen LogP contribution in [0.1, 0.15) is 92.2 Å². The highest BCUT2D eigenvalue weighted by Crippen LogP contribution is 2.73. The van der Waals surface area contributed by atoms with Crippen molar-refractivity contribution in [2.75, 3.05) is 0 Å². The maximum atomic E-state index is 13.0. The first-order valence-corrected chi connectivity index (χ1v) is 13.5. The van der Waals surface area contributed by atoms with Crippen LogP contribution in [0.25, 0.3) is 0 Å². The molecule has 1 aliphatic heterocycles. The Hall–Kier alpha value is -2.57. The number of furan rings is 1. The monoisotopic (exact) mass is 512 g/mol. The van der Waals surface area contributed by atoms with E-state index in [9.17, 15) is 14.4 Å². The summed E-state index contributed by atoms with van der Waals surface area (Å²) in [4.78, 5) is 37.4. The number of ether oxygens (including phenoxy) is 3. The first-order valence-electron chi connectivity index (χ1n) is 13.5. The van der Waals surface area contributed by atoms with Crippen molar-refractivity contribution < 1.29 is 33.0 Å². The second-order valence-corrected chi connectivity index (χ2v) is 13.1. The Bertz CT molecular complexity index is 1130. The van der Waals surface area contributed by atoms with E-state index in [1.54, 1.807) is 18.6 Å². The third kappa shape index (κ3) is 3.70. The molecule has 0 bridgehead atoms. The van der Waals surface area contributed by atoms with E-state index in [2.05, 4.69) is 34.6 Å². The van der Waals surface area contributed by atoms with Crippen molar-refractivity contribution in [1.82, 2.24) is 0 Å². The predicted octanol–water partition coefficient (Wildman–Crippen LogP) is 5.94. The number of esters is 3. The molecule has 8 atom stereocenters. The smallest absolute Gasteiger partial charge is 0.331 e. The second kappa shape index (κ2) is 8.47. The van der Waals surface area contributed by atoms with Crippen LogP contribution < -0.4 is 0 Å². The Balaban J connectivity index is 1.63. The Morgan fingerprint density at radius 1 is 0.946 bits per heavy atom. The van der Waals surface area contributed by atoms with Gasteiger partial charge in [0.15, 0.2) is 0 Å². The molecule has 2 heterocycles. The average Bonchev–Trinajstić information content (AvgIpc) is 3.32. The predicted molar refractivity (Wildman–Crippen MR) is 135 cm³/mol. The lowest BCUT2D eigenvalue weighted by molar-refractivity contribution is -0.230. The van der Waals surface area contributed by atoms with Crippen LogP contribution >= 0.6 is 0 Å². The first kappa shape index (κ1) is 26.1. The van der Waals surface area contributed by atoms with Gasteiger partial charge in [0.25, 0.3) is 0 Å². The van der Waals surface area contributed by atoms with Gasteiger partial charge in [-0.15, -0.1) is 0 Å². The molecule has 202 valence electrons. The molecule has 3 unspecified atom stereocenters. The summed E-state index contributed by atoms with van der Waals surface area (Å²) < 4.78 is 23.3. The maximum Gasteiger partial charge on any atom is 0.331 e. The van der Waals surface area contributed by atoms with Gasteiger partial charge < -0.3 is 18.6 Å². The zero-order valence-electron chi connectivity index (χ0n) is 23.1. The van der Waals surface area contributed by atoms with Crippen molar-refractivity contribution in [2.45, 2.75) is 98.9 Å². The summed E-state index contributed by atoms with van der Waals surface area (Å²) in [5.41, 5.74) is 0.489. The normalized spacial score (nSPS) is 42.3. The molecule has 5 rings (SSSR count). The lowest BCUT2D eigenvalue weighted by Crippen LogP contribution is -2.67. The molecule has 0 aromatic carbocycles. The maximum absolute atomic E-state index is 13.0. The van der Waals surface area contributed by atoms with Gasteiger partial charge in [-0.1, -0.05) is 34.6 Å². The highest BCUT2D eigenvalue weighted by atomic mass is 16.6. The van der Waals surface area contributed by atoms with Crippen LogP contribution in [0.3, 0.4) is 0 Å². The van der Waals surface area contributed by atoms with Gasteiger partial charge in [-0.25, -0.2) is 4.79 Å². The first-order chi connectivity index (χ1) is 17.2. The minimum atomic E-state index is -0.546. The number of cyclic esters (lactones) is 1. The van der Waals surface area contributed by atoms with Gasteiger partial charge in [0.2, 0.25) is 0 Å². The van der Waals surface area contributed by atoms with Gasteiger partial charge in [0.05, 0.1) is 12.5 Å². The summed E-state index contributed by atoms with van der Waals surface area (Å²) >= 11 is 0. The molecule has 1 aromatic rings. The van der Waals surface area contributed by atoms with Crippen LogP contribution in [0, 0.1) is 33.5 Å². The van der Waals surface area contributed by atoms with E-state index in [0.29, 0.717) is 6.42 Å². The van der Waals surface area contributed by atoms with Crippen molar-refractivity contribution in [3.8, 4) is 0 Å². The number of fused-ring (bicyclic) bond motifs is 5. The molecule has 7 nitrogen and oxygen atoms in total. The van der Waals surface area contributed by atoms with E-state index in [1.165, 1.54) is 13.8 Å². The van der Waals surface area contributed by atoms with E-state index in [1.807, 2.05) is 6.07 Å². The van der Waals surface area contributed by atoms with Gasteiger partial charge in [0, 0.05) is 41.7 Å². The third-order valence-corrected chi connectivity index (χ3v) is 10.8. The number of rotatable bonds is 3. The number of hydrogen-bond acceptors (Lipinski definition) is 7. The van der Waals surface area contributed by atoms with Gasteiger partial charge in [-0.3, -0.25) is 9.59 Å². The van der Waals surface area contributed by atoms with E-state index in [0.717, 1.165) is 36.8 Å². The summed E-state index contributed by atoms with van der Waals surface area (Å²) in [6.07, 6.45) is 7.98. The van der Waals surface area contributed by atoms with Crippen LogP contribution in [-0.4, -0.2) is 30.1 Å². The fourth-order valence-corrected chi connectivity index (χ4v) is 9.24. The fraction of sp³-hybridized carbons (Fsp3) is 0.700. The van der Waals surface area contributed by atoms with Gasteiger partial charge in [-0.2, -0.15) is 0 Å². The summed E-state index contributed by atoms with van der Waals surface area (Å²) in [5, 5.41) is 0. The van der Waals surface area contributed by atoms with Gasteiger partial charge in [-0.05, 0) is 61.0 Å². The molecule has 1 aromatic heterocycles. The Morgan fingerprint density at radius 2 is 1.62 bits per heavy atom. The summed E-state index contributed by atoms with van der Waals surface area (Å²) in [5.74, 6) is -0.602. The van der Waals surface area contributed by atoms with Crippen LogP contribution in [0.4, 0.5) is 0 Å². The summed E-state index contributed by atoms with van der Waals surface area (Å²) in [6.45, 7) is 14.0. The van der Waals surface area contributed by atoms with E-state index >= 15 is 0 Å². The molecular weight excluding hydrogens is 472 g/mol. The minimum Gasteiger partial charge on any atom is -0.472 e. The largest absolute Gasteiger partial charge is 0.472 e. The van der Waals surface area contributed by atoms with Crippen LogP contribution in [0.2, 0.25) is 0 Å². The molecule has 3 saturated carbocycles. The Kier molecular flexibility index (Phi) is 5.96. The van der Waals surface area contributed by atoms with Gasteiger partial charge in [0.1, 0.15) is 18.3 Å². The van der Waals surface area contributed by atoms with Crippen LogP contribution in [-0.2, 0) is 28.6 Å². The van der Waals surface area contributed by atoms with Crippen molar-refractivity contribution >= 4 is 17.9 Å². The highest BCUT2D eigenvalue weighted by molar-refractivity contribution is 5.85. The molecule has 0 radical (unpaired) electrons. The summed E-state index contributed by atoms with van der Waals surface area (Å²) in [6, 6.07) is 1.86. The zero-order valence-corrected chi connectivity index (χ0v) is 23.1. The van der Waals surface area contributed by atoms with Crippen LogP contribution in [0.5, 0.6) is 0 Å². The molecule has 3 aliphatic carbocycles. The number of carbonyl (C=O) groups is 3. The zero-order chi connectivity index (χ0) is 27.0. The molecule has 7 heteroatoms. The lowest BCUT2D eigenvalue weighted by atomic mass is 9.36. The van der Waals surface area contributed by atoms with E-state index < -0.39 is 23.0 Å². The van der Waals surface area contributed by atoms with E-state index in [4.69, 9.17) is 18.6 Å².